The molecule has 2 nitrogen and oxygen atoms in total. The van der Waals surface area contributed by atoms with E-state index in [0.717, 1.165) is 18.4 Å². The SMILES string of the molecule is CCOC(=O)/C=C(\CCC1CCCCC1)c1ccccc1F. The average molecular weight is 304 g/mol. The van der Waals surface area contributed by atoms with Crippen molar-refractivity contribution in [2.24, 2.45) is 5.92 Å². The van der Waals surface area contributed by atoms with Gasteiger partial charge in [0.05, 0.1) is 6.61 Å². The van der Waals surface area contributed by atoms with Gasteiger partial charge in [-0.05, 0) is 37.3 Å². The zero-order chi connectivity index (χ0) is 15.8. The lowest BCUT2D eigenvalue weighted by Crippen LogP contribution is -2.07. The van der Waals surface area contributed by atoms with E-state index in [1.807, 2.05) is 0 Å². The lowest BCUT2D eigenvalue weighted by molar-refractivity contribution is -0.137. The highest BCUT2D eigenvalue weighted by molar-refractivity contribution is 5.91. The van der Waals surface area contributed by atoms with Crippen LogP contribution >= 0.6 is 0 Å². The third-order valence-corrected chi connectivity index (χ3v) is 4.35. The Bertz CT molecular complexity index is 516. The fourth-order valence-corrected chi connectivity index (χ4v) is 3.17. The molecular weight excluding hydrogens is 279 g/mol. The lowest BCUT2D eigenvalue weighted by Gasteiger charge is -2.22. The van der Waals surface area contributed by atoms with Crippen LogP contribution in [0, 0.1) is 11.7 Å². The van der Waals surface area contributed by atoms with Crippen molar-refractivity contribution in [1.82, 2.24) is 0 Å². The number of halogens is 1. The number of carbonyl (C=O) groups excluding carboxylic acids is 1. The molecule has 0 bridgehead atoms. The molecule has 0 heterocycles. The third-order valence-electron chi connectivity index (χ3n) is 4.35. The van der Waals surface area contributed by atoms with Crippen molar-refractivity contribution in [3.63, 3.8) is 0 Å². The minimum absolute atomic E-state index is 0.276. The highest BCUT2D eigenvalue weighted by Gasteiger charge is 2.16. The quantitative estimate of drug-likeness (QED) is 0.538. The van der Waals surface area contributed by atoms with Crippen LogP contribution < -0.4 is 0 Å². The Morgan fingerprint density at radius 2 is 2.00 bits per heavy atom. The molecule has 0 unspecified atom stereocenters. The monoisotopic (exact) mass is 304 g/mol. The molecule has 0 N–H and O–H groups in total. The van der Waals surface area contributed by atoms with Gasteiger partial charge in [-0.3, -0.25) is 0 Å². The van der Waals surface area contributed by atoms with Crippen molar-refractivity contribution in [1.29, 1.82) is 0 Å². The van der Waals surface area contributed by atoms with E-state index >= 15 is 0 Å². The molecule has 0 radical (unpaired) electrons. The van der Waals surface area contributed by atoms with Crippen molar-refractivity contribution >= 4 is 11.5 Å². The highest BCUT2D eigenvalue weighted by Crippen LogP contribution is 2.31. The predicted octanol–water partition coefficient (Wildman–Crippen LogP) is 5.13. The number of hydrogen-bond donors (Lipinski definition) is 0. The number of carbonyl (C=O) groups is 1. The van der Waals surface area contributed by atoms with Crippen molar-refractivity contribution in [3.05, 3.63) is 41.7 Å². The molecule has 120 valence electrons. The normalized spacial score (nSPS) is 16.5. The Hall–Kier alpha value is -1.64. The van der Waals surface area contributed by atoms with Gasteiger partial charge in [0.2, 0.25) is 0 Å². The molecule has 0 atom stereocenters. The fraction of sp³-hybridized carbons (Fsp3) is 0.526. The summed E-state index contributed by atoms with van der Waals surface area (Å²) in [5.41, 5.74) is 1.27. The van der Waals surface area contributed by atoms with Crippen molar-refractivity contribution in [3.8, 4) is 0 Å². The first-order chi connectivity index (χ1) is 10.7. The first-order valence-electron chi connectivity index (χ1n) is 8.33. The van der Waals surface area contributed by atoms with Crippen LogP contribution in [0.5, 0.6) is 0 Å². The van der Waals surface area contributed by atoms with E-state index in [1.165, 1.54) is 44.2 Å². The van der Waals surface area contributed by atoms with Gasteiger partial charge in [-0.2, -0.15) is 0 Å². The summed E-state index contributed by atoms with van der Waals surface area (Å²) in [5.74, 6) is 0.0391. The molecule has 1 aliphatic carbocycles. The maximum Gasteiger partial charge on any atom is 0.331 e. The van der Waals surface area contributed by atoms with Gasteiger partial charge in [0.25, 0.3) is 0 Å². The van der Waals surface area contributed by atoms with Crippen molar-refractivity contribution in [2.75, 3.05) is 6.61 Å². The van der Waals surface area contributed by atoms with Crippen LogP contribution in [0.1, 0.15) is 57.4 Å². The summed E-state index contributed by atoms with van der Waals surface area (Å²) in [7, 11) is 0. The molecule has 1 aromatic rings. The molecule has 0 aliphatic heterocycles. The average Bonchev–Trinajstić information content (AvgIpc) is 2.53. The van der Waals surface area contributed by atoms with Gasteiger partial charge in [-0.25, -0.2) is 9.18 Å². The largest absolute Gasteiger partial charge is 0.463 e. The summed E-state index contributed by atoms with van der Waals surface area (Å²) in [6.07, 6.45) is 9.63. The molecule has 22 heavy (non-hydrogen) atoms. The van der Waals surface area contributed by atoms with E-state index in [2.05, 4.69) is 0 Å². The highest BCUT2D eigenvalue weighted by atomic mass is 19.1. The standard InChI is InChI=1S/C19H25FO2/c1-2-22-19(21)14-16(17-10-6-7-11-18(17)20)13-12-15-8-4-3-5-9-15/h6-7,10-11,14-15H,2-5,8-9,12-13H2,1H3/b16-14+. The van der Waals surface area contributed by atoms with Crippen LogP contribution in [-0.2, 0) is 9.53 Å². The first-order valence-corrected chi connectivity index (χ1v) is 8.33. The maximum atomic E-state index is 14.0. The summed E-state index contributed by atoms with van der Waals surface area (Å²) in [6.45, 7) is 2.11. The topological polar surface area (TPSA) is 26.3 Å². The lowest BCUT2D eigenvalue weighted by atomic mass is 9.84. The molecule has 3 heteroatoms. The van der Waals surface area contributed by atoms with E-state index in [4.69, 9.17) is 4.74 Å². The molecule has 0 amide bonds. The number of ether oxygens (including phenoxy) is 1. The van der Waals surface area contributed by atoms with Crippen LogP contribution in [0.2, 0.25) is 0 Å². The molecular formula is C19H25FO2. The van der Waals surface area contributed by atoms with E-state index in [0.29, 0.717) is 18.1 Å². The second-order valence-corrected chi connectivity index (χ2v) is 5.94. The van der Waals surface area contributed by atoms with Crippen LogP contribution in [0.25, 0.3) is 5.57 Å². The van der Waals surface area contributed by atoms with Gasteiger partial charge in [0.1, 0.15) is 5.82 Å². The molecule has 1 saturated carbocycles. The molecule has 0 spiro atoms. The first kappa shape index (κ1) is 16.7. The van der Waals surface area contributed by atoms with Crippen molar-refractivity contribution in [2.45, 2.75) is 51.9 Å². The van der Waals surface area contributed by atoms with Crippen molar-refractivity contribution < 1.29 is 13.9 Å². The van der Waals surface area contributed by atoms with E-state index in [9.17, 15) is 9.18 Å². The number of esters is 1. The van der Waals surface area contributed by atoms with Crippen LogP contribution in [0.15, 0.2) is 30.3 Å². The Balaban J connectivity index is 2.11. The van der Waals surface area contributed by atoms with Crippen LogP contribution in [-0.4, -0.2) is 12.6 Å². The summed E-state index contributed by atoms with van der Waals surface area (Å²) < 4.78 is 19.0. The fourth-order valence-electron chi connectivity index (χ4n) is 3.17. The van der Waals surface area contributed by atoms with E-state index in [1.54, 1.807) is 25.1 Å². The third kappa shape index (κ3) is 4.97. The summed E-state index contributed by atoms with van der Waals surface area (Å²) in [5, 5.41) is 0. The number of hydrogen-bond acceptors (Lipinski definition) is 2. The molecule has 1 aliphatic rings. The zero-order valence-electron chi connectivity index (χ0n) is 13.3. The predicted molar refractivity (Wildman–Crippen MR) is 86.8 cm³/mol. The number of rotatable bonds is 6. The van der Waals surface area contributed by atoms with Crippen LogP contribution in [0.3, 0.4) is 0 Å². The van der Waals surface area contributed by atoms with Gasteiger partial charge in [0.15, 0.2) is 0 Å². The van der Waals surface area contributed by atoms with Crippen LogP contribution in [0.4, 0.5) is 4.39 Å². The Morgan fingerprint density at radius 1 is 1.27 bits per heavy atom. The number of allylic oxidation sites excluding steroid dienone is 1. The zero-order valence-corrected chi connectivity index (χ0v) is 13.3. The summed E-state index contributed by atoms with van der Waals surface area (Å²) in [6, 6.07) is 6.65. The van der Waals surface area contributed by atoms with Gasteiger partial charge >= 0.3 is 5.97 Å². The Morgan fingerprint density at radius 3 is 2.68 bits per heavy atom. The van der Waals surface area contributed by atoms with Gasteiger partial charge in [-0.15, -0.1) is 0 Å². The minimum Gasteiger partial charge on any atom is -0.463 e. The Kier molecular flexibility index (Phi) is 6.63. The molecule has 0 aromatic heterocycles. The summed E-state index contributed by atoms with van der Waals surface area (Å²) in [4.78, 5) is 11.8. The molecule has 1 fully saturated rings. The van der Waals surface area contributed by atoms with E-state index < -0.39 is 0 Å². The molecule has 0 saturated heterocycles. The smallest absolute Gasteiger partial charge is 0.331 e. The molecule has 1 aromatic carbocycles. The van der Waals surface area contributed by atoms with Gasteiger partial charge in [-0.1, -0.05) is 50.3 Å². The second-order valence-electron chi connectivity index (χ2n) is 5.94. The van der Waals surface area contributed by atoms with E-state index in [-0.39, 0.29) is 11.8 Å². The summed E-state index contributed by atoms with van der Waals surface area (Å²) >= 11 is 0. The number of benzene rings is 1. The minimum atomic E-state index is -0.385. The van der Waals surface area contributed by atoms with Gasteiger partial charge < -0.3 is 4.74 Å². The maximum absolute atomic E-state index is 14.0. The Labute approximate surface area is 132 Å². The second kappa shape index (κ2) is 8.72. The van der Waals surface area contributed by atoms with Gasteiger partial charge in [0, 0.05) is 11.6 Å². The molecule has 2 rings (SSSR count).